The van der Waals surface area contributed by atoms with Crippen LogP contribution in [0.4, 0.5) is 0 Å². The highest BCUT2D eigenvalue weighted by atomic mass is 16.5. The molecule has 6 nitrogen and oxygen atoms in total. The molecule has 2 heterocycles. The molecule has 30 heavy (non-hydrogen) atoms. The predicted octanol–water partition coefficient (Wildman–Crippen LogP) is 1.92. The van der Waals surface area contributed by atoms with Crippen molar-refractivity contribution in [2.45, 2.75) is 0 Å². The molecule has 0 radical (unpaired) electrons. The quantitative estimate of drug-likeness (QED) is 0.663. The van der Waals surface area contributed by atoms with Crippen molar-refractivity contribution in [3.8, 4) is 22.7 Å². The first-order chi connectivity index (χ1) is 14.6. The molecule has 1 amide bonds. The lowest BCUT2D eigenvalue weighted by atomic mass is 10.1. The van der Waals surface area contributed by atoms with Gasteiger partial charge in [-0.15, -0.1) is 0 Å². The van der Waals surface area contributed by atoms with Crippen molar-refractivity contribution in [3.63, 3.8) is 0 Å². The van der Waals surface area contributed by atoms with Gasteiger partial charge in [-0.3, -0.25) is 4.79 Å². The third-order valence-corrected chi connectivity index (χ3v) is 5.46. The Morgan fingerprint density at radius 3 is 2.43 bits per heavy atom. The molecule has 0 bridgehead atoms. The van der Waals surface area contributed by atoms with E-state index in [1.165, 1.54) is 4.90 Å². The van der Waals surface area contributed by atoms with E-state index < -0.39 is 0 Å². The Morgan fingerprint density at radius 1 is 1.07 bits per heavy atom. The number of likely N-dealkylation sites (N-methyl/N-ethyl adjacent to an activating group) is 1. The van der Waals surface area contributed by atoms with Gasteiger partial charge in [-0.2, -0.15) is 5.10 Å². The van der Waals surface area contributed by atoms with Crippen molar-refractivity contribution in [1.29, 1.82) is 0 Å². The number of rotatable bonds is 5. The number of aromatic nitrogens is 2. The standard InChI is InChI=1S/C24H26N4O2/c1-26-14-16-27(17-15-26)23(29)13-10-20-18-28(21-6-4-3-5-7-21)25-24(20)19-8-11-22(30-2)12-9-19/h3-13,18H,14-17H2,1-2H3/p+1/b13-10+. The number of carbonyl (C=O) groups excluding carboxylic acids is 1. The number of carbonyl (C=O) groups is 1. The van der Waals surface area contributed by atoms with Crippen molar-refractivity contribution < 1.29 is 14.4 Å². The van der Waals surface area contributed by atoms with Gasteiger partial charge < -0.3 is 14.5 Å². The maximum absolute atomic E-state index is 12.7. The molecule has 0 saturated carbocycles. The molecule has 0 unspecified atom stereocenters. The van der Waals surface area contributed by atoms with Crippen LogP contribution < -0.4 is 9.64 Å². The molecule has 1 aromatic heterocycles. The van der Waals surface area contributed by atoms with E-state index in [2.05, 4.69) is 7.05 Å². The lowest BCUT2D eigenvalue weighted by Crippen LogP contribution is -3.12. The second-order valence-corrected chi connectivity index (χ2v) is 7.56. The van der Waals surface area contributed by atoms with Gasteiger partial charge in [0.05, 0.1) is 51.7 Å². The third kappa shape index (κ3) is 4.44. The van der Waals surface area contributed by atoms with Crippen LogP contribution in [0.1, 0.15) is 5.56 Å². The van der Waals surface area contributed by atoms with Crippen LogP contribution in [-0.4, -0.2) is 60.9 Å². The van der Waals surface area contributed by atoms with E-state index in [1.807, 2.05) is 76.5 Å². The number of nitrogens with zero attached hydrogens (tertiary/aromatic N) is 3. The summed E-state index contributed by atoms with van der Waals surface area (Å²) < 4.78 is 7.12. The highest BCUT2D eigenvalue weighted by molar-refractivity contribution is 5.93. The molecule has 1 N–H and O–H groups in total. The van der Waals surface area contributed by atoms with Crippen LogP contribution in [0, 0.1) is 0 Å². The number of para-hydroxylation sites is 1. The maximum atomic E-state index is 12.7. The molecule has 0 atom stereocenters. The van der Waals surface area contributed by atoms with E-state index in [9.17, 15) is 4.79 Å². The second-order valence-electron chi connectivity index (χ2n) is 7.56. The zero-order valence-electron chi connectivity index (χ0n) is 17.4. The van der Waals surface area contributed by atoms with E-state index in [0.717, 1.165) is 54.4 Å². The minimum atomic E-state index is 0.0515. The van der Waals surface area contributed by atoms with Gasteiger partial charge in [0.25, 0.3) is 0 Å². The fourth-order valence-corrected chi connectivity index (χ4v) is 3.57. The van der Waals surface area contributed by atoms with Gasteiger partial charge in [0.1, 0.15) is 5.75 Å². The number of amides is 1. The molecule has 1 saturated heterocycles. The molecule has 1 aliphatic heterocycles. The average molecular weight is 404 g/mol. The second kappa shape index (κ2) is 8.97. The normalized spacial score (nSPS) is 14.9. The Labute approximate surface area is 177 Å². The number of methoxy groups -OCH3 is 1. The van der Waals surface area contributed by atoms with Gasteiger partial charge in [0.15, 0.2) is 0 Å². The lowest BCUT2D eigenvalue weighted by molar-refractivity contribution is -0.883. The Balaban J connectivity index is 1.64. The molecule has 6 heteroatoms. The summed E-state index contributed by atoms with van der Waals surface area (Å²) in [4.78, 5) is 16.1. The van der Waals surface area contributed by atoms with Crippen LogP contribution in [0.3, 0.4) is 0 Å². The van der Waals surface area contributed by atoms with Gasteiger partial charge in [-0.05, 0) is 42.5 Å². The van der Waals surface area contributed by atoms with Crippen LogP contribution in [0.25, 0.3) is 23.0 Å². The van der Waals surface area contributed by atoms with Crippen molar-refractivity contribution >= 4 is 12.0 Å². The Hall–Kier alpha value is -3.38. The molecule has 0 spiro atoms. The largest absolute Gasteiger partial charge is 0.497 e. The first kappa shape index (κ1) is 19.9. The SMILES string of the molecule is COc1ccc(-c2nn(-c3ccccc3)cc2/C=C/C(=O)N2CC[NH+](C)CC2)cc1. The van der Waals surface area contributed by atoms with Gasteiger partial charge in [0, 0.05) is 23.4 Å². The summed E-state index contributed by atoms with van der Waals surface area (Å²) in [6, 6.07) is 17.8. The Kier molecular flexibility index (Phi) is 5.95. The van der Waals surface area contributed by atoms with Crippen molar-refractivity contribution in [3.05, 3.63) is 72.4 Å². The van der Waals surface area contributed by atoms with Crippen molar-refractivity contribution in [2.75, 3.05) is 40.3 Å². The fraction of sp³-hybridized carbons (Fsp3) is 0.250. The minimum Gasteiger partial charge on any atom is -0.497 e. The average Bonchev–Trinajstić information content (AvgIpc) is 3.23. The summed E-state index contributed by atoms with van der Waals surface area (Å²) in [5.41, 5.74) is 3.67. The number of nitrogens with one attached hydrogen (secondary N) is 1. The van der Waals surface area contributed by atoms with E-state index in [0.29, 0.717) is 0 Å². The predicted molar refractivity (Wildman–Crippen MR) is 118 cm³/mol. The van der Waals surface area contributed by atoms with Crippen LogP contribution >= 0.6 is 0 Å². The van der Waals surface area contributed by atoms with Crippen LogP contribution in [0.5, 0.6) is 5.75 Å². The third-order valence-electron chi connectivity index (χ3n) is 5.46. The molecular formula is C24H27N4O2+. The monoisotopic (exact) mass is 403 g/mol. The molecule has 3 aromatic rings. The Bertz CT molecular complexity index is 1020. The molecule has 1 aliphatic rings. The van der Waals surface area contributed by atoms with Crippen LogP contribution in [0.15, 0.2) is 66.9 Å². The molecular weight excluding hydrogens is 376 g/mol. The zero-order valence-corrected chi connectivity index (χ0v) is 17.4. The summed E-state index contributed by atoms with van der Waals surface area (Å²) in [6.07, 6.45) is 5.51. The molecule has 2 aromatic carbocycles. The van der Waals surface area contributed by atoms with Gasteiger partial charge in [-0.1, -0.05) is 18.2 Å². The topological polar surface area (TPSA) is 51.8 Å². The van der Waals surface area contributed by atoms with Crippen LogP contribution in [0.2, 0.25) is 0 Å². The Morgan fingerprint density at radius 2 is 1.77 bits per heavy atom. The first-order valence-electron chi connectivity index (χ1n) is 10.2. The molecule has 0 aliphatic carbocycles. The smallest absolute Gasteiger partial charge is 0.246 e. The summed E-state index contributed by atoms with van der Waals surface area (Å²) >= 11 is 0. The number of hydrogen-bond acceptors (Lipinski definition) is 3. The van der Waals surface area contributed by atoms with E-state index in [-0.39, 0.29) is 5.91 Å². The van der Waals surface area contributed by atoms with Gasteiger partial charge in [-0.25, -0.2) is 4.68 Å². The summed E-state index contributed by atoms with van der Waals surface area (Å²) in [5, 5.41) is 4.80. The number of piperazine rings is 1. The van der Waals surface area contributed by atoms with E-state index in [4.69, 9.17) is 9.84 Å². The minimum absolute atomic E-state index is 0.0515. The highest BCUT2D eigenvalue weighted by Crippen LogP contribution is 2.26. The van der Waals surface area contributed by atoms with E-state index >= 15 is 0 Å². The van der Waals surface area contributed by atoms with E-state index in [1.54, 1.807) is 13.2 Å². The maximum Gasteiger partial charge on any atom is 0.246 e. The summed E-state index contributed by atoms with van der Waals surface area (Å²) in [7, 11) is 3.81. The molecule has 154 valence electrons. The summed E-state index contributed by atoms with van der Waals surface area (Å²) in [5.74, 6) is 0.848. The number of benzene rings is 2. The highest BCUT2D eigenvalue weighted by Gasteiger charge is 2.19. The zero-order chi connectivity index (χ0) is 20.9. The molecule has 4 rings (SSSR count). The molecule has 1 fully saturated rings. The van der Waals surface area contributed by atoms with Gasteiger partial charge >= 0.3 is 0 Å². The fourth-order valence-electron chi connectivity index (χ4n) is 3.57. The summed E-state index contributed by atoms with van der Waals surface area (Å²) in [6.45, 7) is 3.57. The van der Waals surface area contributed by atoms with Crippen LogP contribution in [-0.2, 0) is 4.79 Å². The number of quaternary nitrogens is 1. The number of ether oxygens (including phenoxy) is 1. The van der Waals surface area contributed by atoms with Gasteiger partial charge in [0.2, 0.25) is 5.91 Å². The van der Waals surface area contributed by atoms with Crippen molar-refractivity contribution in [2.24, 2.45) is 0 Å². The lowest BCUT2D eigenvalue weighted by Gasteiger charge is -2.29. The van der Waals surface area contributed by atoms with Crippen molar-refractivity contribution in [1.82, 2.24) is 14.7 Å². The first-order valence-corrected chi connectivity index (χ1v) is 10.2. The number of hydrogen-bond donors (Lipinski definition) is 1.